The summed E-state index contributed by atoms with van der Waals surface area (Å²) in [5.74, 6) is -8.16. The van der Waals surface area contributed by atoms with Crippen LogP contribution in [-0.2, 0) is 104 Å². The number of anilines is 1. The number of benzene rings is 5. The average molecular weight is 1950 g/mol. The van der Waals surface area contributed by atoms with Gasteiger partial charge in [-0.2, -0.15) is 0 Å². The minimum atomic E-state index is -1.88. The van der Waals surface area contributed by atoms with Crippen molar-refractivity contribution in [1.29, 1.82) is 0 Å². The number of para-hydroxylation sites is 2. The molecule has 134 heavy (non-hydrogen) atoms. The number of ether oxygens (including phenoxy) is 5. The number of unbranched alkanes of at least 4 members (excludes halogenated alkanes) is 1. The molecule has 3 aliphatic heterocycles. The SMILES string of the molecule is COc1cc2cc(c1Cl)N(C)C(=O)C[C@H](OC(=O)[C@H](C)N(C)C(=O)CCSSCCCN[C@H](Cc1ccccc1)C(=O)N[C@H]1CSSC[C@@H](C(=O)N[C@@H](Cc3c[nH]c4ccccc34)C(N)=O)NC(=O)[C@H](C(C)C)NC(=O)[C@H](CCCCN)NC(=O)[C@@H](Cc3c[nH]c4ccccc34)NC(=O)[C@H](Cc3ccc(O)cc3)NC1=O)C(C)(C)OC(C)[C@@H]1C[C@@](O)(NC(=O)O1)[C@H](OC)CC/C=C(\C)C2. The number of aromatic nitrogens is 2. The van der Waals surface area contributed by atoms with E-state index in [2.05, 4.69) is 57.8 Å². The first-order valence-corrected chi connectivity index (χ1v) is 50.2. The molecule has 39 heteroatoms. The van der Waals surface area contributed by atoms with Crippen LogP contribution in [-0.4, -0.2) is 251 Å². The van der Waals surface area contributed by atoms with E-state index in [-0.39, 0.29) is 80.3 Å². The number of carbonyl (C=O) groups excluding carboxylic acids is 12. The Hall–Kier alpha value is -10.6. The van der Waals surface area contributed by atoms with Crippen molar-refractivity contribution in [2.24, 2.45) is 17.4 Å². The largest absolute Gasteiger partial charge is 0.508 e. The maximum absolute atomic E-state index is 15.5. The fourth-order valence-corrected chi connectivity index (χ4v) is 20.8. The van der Waals surface area contributed by atoms with Crippen molar-refractivity contribution < 1.29 is 91.4 Å². The number of nitrogens with zero attached hydrogens (tertiary/aromatic N) is 2. The fraction of sp³-hybridized carbons (Fsp3) is 0.495. The number of alkyl carbamates (subject to hydrolysis) is 1. The predicted octanol–water partition coefficient (Wildman–Crippen LogP) is 7.95. The quantitative estimate of drug-likeness (QED) is 0.00823. The number of aromatic hydroxyl groups is 1. The van der Waals surface area contributed by atoms with Crippen LogP contribution >= 0.6 is 54.8 Å². The van der Waals surface area contributed by atoms with E-state index in [1.807, 2.05) is 91.9 Å². The molecule has 17 N–H and O–H groups in total. The second-order valence-electron chi connectivity index (χ2n) is 34.8. The molecule has 726 valence electrons. The van der Waals surface area contributed by atoms with E-state index >= 15 is 19.2 Å². The Balaban J connectivity index is 0.852. The molecule has 2 saturated heterocycles. The van der Waals surface area contributed by atoms with E-state index in [1.54, 1.807) is 71.3 Å². The van der Waals surface area contributed by atoms with Gasteiger partial charge in [0, 0.05) is 111 Å². The van der Waals surface area contributed by atoms with Gasteiger partial charge in [-0.05, 0) is 169 Å². The summed E-state index contributed by atoms with van der Waals surface area (Å²) in [7, 11) is 10.9. The van der Waals surface area contributed by atoms with E-state index in [0.717, 1.165) is 60.1 Å². The number of likely N-dealkylation sites (N-methyl/N-ethyl adjacent to an activating group) is 1. The molecule has 0 spiro atoms. The lowest BCUT2D eigenvalue weighted by Gasteiger charge is -2.44. The number of aliphatic hydroxyl groups is 1. The Morgan fingerprint density at radius 1 is 0.739 bits per heavy atom. The van der Waals surface area contributed by atoms with Crippen LogP contribution in [0.25, 0.3) is 21.8 Å². The molecule has 4 bridgehead atoms. The minimum Gasteiger partial charge on any atom is -0.508 e. The lowest BCUT2D eigenvalue weighted by Crippen LogP contribution is -2.64. The third-order valence-electron chi connectivity index (χ3n) is 24.1. The summed E-state index contributed by atoms with van der Waals surface area (Å²) < 4.78 is 30.1. The maximum atomic E-state index is 15.5. The van der Waals surface area contributed by atoms with E-state index in [4.69, 9.17) is 46.8 Å². The first-order chi connectivity index (χ1) is 64.0. The summed E-state index contributed by atoms with van der Waals surface area (Å²) in [4.78, 5) is 185. The molecule has 10 rings (SSSR count). The van der Waals surface area contributed by atoms with Gasteiger partial charge in [0.15, 0.2) is 5.72 Å². The standard InChI is InChI=1S/C95H126ClN15O19S4/c1-54(2)83-91(122)107-74(89(120)103-69(84(98)115)46-61-50-100-66-28-17-15-26-64(61)66)53-134-133-52-73(90(121)104-71(43-59-32-34-63(112)35-33-59)87(118)105-72(47-62-51-101-67-29-18-16-27-65(62)67)88(119)102-68(85(116)108-83)30-19-20-37-97)106-86(117)70(42-58-24-13-12-14-25-58)99-38-22-39-131-132-40-36-80(113)110(8)56(4)92(123)129-79-48-81(114)111(9)75-44-60(45-76(126-10)82(75)96)41-55(3)23-21-31-78(127-11)95(125)49-77(128-93(124)109-95)57(5)130-94(79,6)7/h12-18,23-29,32-35,44-45,50-51,54,56-57,68-74,77-79,83,99-101,112,125H,19-22,30-31,36-43,46-49,52-53,97H2,1-11H3,(H2,98,115)(H,102,119)(H,103,120)(H,104,121)(H,105,118)(H,106,117)(H,107,122)(H,108,116)(H,109,124)/b55-23+/t56-,57?,68-,69-,70+,71-,72+,73-,74-,77-,78+,79-,83-,95-/m0/s1. The normalized spacial score (nSPS) is 23.4. The summed E-state index contributed by atoms with van der Waals surface area (Å²) in [5, 5.41) is 50.1. The van der Waals surface area contributed by atoms with Crippen molar-refractivity contribution in [3.8, 4) is 11.5 Å². The Kier molecular flexibility index (Phi) is 39.6. The van der Waals surface area contributed by atoms with Gasteiger partial charge in [-0.25, -0.2) is 9.59 Å². The van der Waals surface area contributed by atoms with Crippen LogP contribution < -0.4 is 69.0 Å². The van der Waals surface area contributed by atoms with Crippen LogP contribution in [0, 0.1) is 5.92 Å². The van der Waals surface area contributed by atoms with E-state index < -0.39 is 174 Å². The molecule has 0 radical (unpaired) electrons. The zero-order valence-corrected chi connectivity index (χ0v) is 81.3. The van der Waals surface area contributed by atoms with Gasteiger partial charge in [-0.3, -0.25) is 53.3 Å². The van der Waals surface area contributed by atoms with Crippen molar-refractivity contribution in [2.75, 3.05) is 69.3 Å². The highest BCUT2D eigenvalue weighted by atomic mass is 35.5. The number of rotatable bonds is 32. The van der Waals surface area contributed by atoms with Gasteiger partial charge < -0.3 is 108 Å². The van der Waals surface area contributed by atoms with Gasteiger partial charge in [-0.15, -0.1) is 0 Å². The molecule has 0 aliphatic carbocycles. The fourth-order valence-electron chi connectivity index (χ4n) is 16.1. The number of allylic oxidation sites excluding steroid dienone is 2. The van der Waals surface area contributed by atoms with Crippen molar-refractivity contribution in [1.82, 2.24) is 62.7 Å². The number of esters is 1. The smallest absolute Gasteiger partial charge is 0.409 e. The zero-order chi connectivity index (χ0) is 97.1. The van der Waals surface area contributed by atoms with Gasteiger partial charge in [-0.1, -0.05) is 159 Å². The Morgan fingerprint density at radius 2 is 1.37 bits per heavy atom. The summed E-state index contributed by atoms with van der Waals surface area (Å²) in [6.07, 6.45) is 1.94. The van der Waals surface area contributed by atoms with Crippen molar-refractivity contribution in [3.05, 3.63) is 172 Å². The molecule has 34 nitrogen and oxygen atoms in total. The number of methoxy groups -OCH3 is 2. The van der Waals surface area contributed by atoms with Crippen LogP contribution in [0.3, 0.4) is 0 Å². The Morgan fingerprint density at radius 3 is 2.04 bits per heavy atom. The van der Waals surface area contributed by atoms with Crippen molar-refractivity contribution in [3.63, 3.8) is 0 Å². The number of hydrogen-bond donors (Lipinski definition) is 15. The predicted molar refractivity (Wildman–Crippen MR) is 521 cm³/mol. The maximum Gasteiger partial charge on any atom is 0.409 e. The summed E-state index contributed by atoms with van der Waals surface area (Å²) in [6.45, 7) is 12.2. The molecule has 11 amide bonds. The number of halogens is 1. The number of carbonyl (C=O) groups is 12. The number of amides is 11. The molecular formula is C95H126ClN15O19S4. The molecule has 2 fully saturated rings. The van der Waals surface area contributed by atoms with E-state index in [1.165, 1.54) is 78.8 Å². The molecule has 5 aromatic carbocycles. The number of phenols is 1. The van der Waals surface area contributed by atoms with Crippen molar-refractivity contribution in [2.45, 2.75) is 228 Å². The number of hydrogen-bond acceptors (Lipinski definition) is 25. The second kappa shape index (κ2) is 50.3. The molecule has 1 unspecified atom stereocenters. The highest BCUT2D eigenvalue weighted by Crippen LogP contribution is 2.39. The minimum absolute atomic E-state index is 0.00348. The summed E-state index contributed by atoms with van der Waals surface area (Å²) in [5.41, 5.74) is 14.6. The van der Waals surface area contributed by atoms with Gasteiger partial charge in [0.2, 0.25) is 59.1 Å². The highest BCUT2D eigenvalue weighted by molar-refractivity contribution is 8.77. The van der Waals surface area contributed by atoms with E-state index in [9.17, 15) is 48.6 Å². The molecule has 2 aromatic heterocycles. The third-order valence-corrected chi connectivity index (χ3v) is 29.4. The van der Waals surface area contributed by atoms with E-state index in [0.29, 0.717) is 78.2 Å². The molecule has 7 aromatic rings. The molecule has 3 aliphatic rings. The van der Waals surface area contributed by atoms with Gasteiger partial charge in [0.25, 0.3) is 0 Å². The summed E-state index contributed by atoms with van der Waals surface area (Å²) in [6, 6.07) is 21.4. The molecular weight excluding hydrogens is 1820 g/mol. The number of H-pyrrole nitrogens is 2. The van der Waals surface area contributed by atoms with Crippen molar-refractivity contribution >= 4 is 153 Å². The lowest BCUT2D eigenvalue weighted by atomic mass is 9.91. The topological polar surface area (TPSA) is 490 Å². The third kappa shape index (κ3) is 29.7. The number of fused-ring (bicyclic) bond motifs is 6. The number of aromatic amines is 2. The monoisotopic (exact) mass is 1940 g/mol. The number of primary amides is 1. The first kappa shape index (κ1) is 106. The number of nitrogens with two attached hydrogens (primary N) is 2. The van der Waals surface area contributed by atoms with Crippen LogP contribution in [0.5, 0.6) is 11.5 Å². The summed E-state index contributed by atoms with van der Waals surface area (Å²) >= 11 is 6.93. The Labute approximate surface area is 801 Å². The average Bonchev–Trinajstić information content (AvgIpc) is 1.13. The van der Waals surface area contributed by atoms with Crippen LogP contribution in [0.15, 0.2) is 139 Å². The van der Waals surface area contributed by atoms with Gasteiger partial charge >= 0.3 is 12.1 Å². The Bertz CT molecular complexity index is 5260. The second-order valence-corrected chi connectivity index (χ2v) is 40.5. The molecule has 14 atom stereocenters. The number of nitrogens with one attached hydrogen (secondary N) is 11. The lowest BCUT2D eigenvalue weighted by molar-refractivity contribution is -0.207. The van der Waals surface area contributed by atoms with Gasteiger partial charge in [0.1, 0.15) is 88.8 Å². The highest BCUT2D eigenvalue weighted by Gasteiger charge is 2.50. The molecule has 5 heterocycles. The zero-order valence-electron chi connectivity index (χ0n) is 77.3. The van der Waals surface area contributed by atoms with Crippen LogP contribution in [0.1, 0.15) is 134 Å². The van der Waals surface area contributed by atoms with Crippen LogP contribution in [0.4, 0.5) is 10.5 Å². The number of phenolic OH excluding ortho intramolecular Hbond substituents is 1. The molecule has 0 saturated carbocycles. The van der Waals surface area contributed by atoms with Gasteiger partial charge in [0.05, 0.1) is 31.4 Å². The first-order valence-electron chi connectivity index (χ1n) is 44.9. The van der Waals surface area contributed by atoms with Crippen LogP contribution in [0.2, 0.25) is 5.02 Å².